The summed E-state index contributed by atoms with van der Waals surface area (Å²) in [6.45, 7) is 6.01. The van der Waals surface area contributed by atoms with Crippen LogP contribution in [0.4, 0.5) is 5.82 Å². The Labute approximate surface area is 139 Å². The van der Waals surface area contributed by atoms with Gasteiger partial charge in [-0.15, -0.1) is 0 Å². The number of hydrogen-bond acceptors (Lipinski definition) is 4. The topological polar surface area (TPSA) is 54.9 Å². The number of amides is 1. The summed E-state index contributed by atoms with van der Waals surface area (Å²) in [5.74, 6) is 0.423. The lowest BCUT2D eigenvalue weighted by molar-refractivity contribution is -0.117. The van der Waals surface area contributed by atoms with Gasteiger partial charge in [0.15, 0.2) is 5.82 Å². The van der Waals surface area contributed by atoms with Gasteiger partial charge in [0.25, 0.3) is 0 Å². The van der Waals surface area contributed by atoms with Gasteiger partial charge in [-0.05, 0) is 49.0 Å². The summed E-state index contributed by atoms with van der Waals surface area (Å²) < 4.78 is 4.39. The molecule has 118 valence electrons. The molecule has 0 aliphatic heterocycles. The first-order valence-electron chi connectivity index (χ1n) is 7.69. The zero-order valence-electron chi connectivity index (χ0n) is 13.5. The van der Waals surface area contributed by atoms with Gasteiger partial charge in [0.2, 0.25) is 5.91 Å². The molecule has 1 atom stereocenters. The standard InChI is InChI=1S/C18H19N3OS/c1-4-14(13-8-6-5-7-9-13)17(22)20-16-15-11(2)10-12(3)19-18(15)23-21-16/h5-10,14H,4H2,1-3H3,(H,20,21,22). The van der Waals surface area contributed by atoms with E-state index in [2.05, 4.69) is 14.7 Å². The zero-order valence-corrected chi connectivity index (χ0v) is 14.3. The highest BCUT2D eigenvalue weighted by molar-refractivity contribution is 7.13. The van der Waals surface area contributed by atoms with E-state index in [9.17, 15) is 4.79 Å². The maximum absolute atomic E-state index is 12.7. The van der Waals surface area contributed by atoms with Gasteiger partial charge in [0, 0.05) is 5.69 Å². The number of carbonyl (C=O) groups is 1. The molecule has 2 heterocycles. The number of anilines is 1. The number of hydrogen-bond donors (Lipinski definition) is 1. The fourth-order valence-electron chi connectivity index (χ4n) is 2.84. The predicted octanol–water partition coefficient (Wildman–Crippen LogP) is 4.44. The van der Waals surface area contributed by atoms with Crippen LogP contribution in [-0.2, 0) is 4.79 Å². The highest BCUT2D eigenvalue weighted by Crippen LogP contribution is 2.30. The summed E-state index contributed by atoms with van der Waals surface area (Å²) in [6, 6.07) is 11.9. The summed E-state index contributed by atoms with van der Waals surface area (Å²) in [5, 5.41) is 3.94. The second-order valence-corrected chi connectivity index (χ2v) is 6.40. The van der Waals surface area contributed by atoms with Crippen molar-refractivity contribution in [3.8, 4) is 0 Å². The molecule has 2 aromatic heterocycles. The van der Waals surface area contributed by atoms with E-state index in [0.717, 1.165) is 33.5 Å². The Morgan fingerprint density at radius 2 is 2.00 bits per heavy atom. The number of aryl methyl sites for hydroxylation is 2. The van der Waals surface area contributed by atoms with Crippen molar-refractivity contribution in [3.05, 3.63) is 53.2 Å². The minimum Gasteiger partial charge on any atom is -0.309 e. The molecular formula is C18H19N3OS. The molecule has 0 saturated carbocycles. The first-order valence-corrected chi connectivity index (χ1v) is 8.47. The van der Waals surface area contributed by atoms with Crippen molar-refractivity contribution in [2.24, 2.45) is 0 Å². The molecular weight excluding hydrogens is 306 g/mol. The van der Waals surface area contributed by atoms with Crippen molar-refractivity contribution in [1.82, 2.24) is 9.36 Å². The average molecular weight is 325 g/mol. The fraction of sp³-hybridized carbons (Fsp3) is 0.278. The normalized spacial score (nSPS) is 12.3. The first-order chi connectivity index (χ1) is 11.1. The molecule has 3 aromatic rings. The Hall–Kier alpha value is -2.27. The Morgan fingerprint density at radius 1 is 1.26 bits per heavy atom. The first kappa shape index (κ1) is 15.6. The van der Waals surface area contributed by atoms with Crippen molar-refractivity contribution in [3.63, 3.8) is 0 Å². The number of rotatable bonds is 4. The molecule has 23 heavy (non-hydrogen) atoms. The summed E-state index contributed by atoms with van der Waals surface area (Å²) >= 11 is 1.32. The van der Waals surface area contributed by atoms with Crippen LogP contribution in [0.5, 0.6) is 0 Å². The van der Waals surface area contributed by atoms with Gasteiger partial charge in [-0.25, -0.2) is 4.98 Å². The van der Waals surface area contributed by atoms with Gasteiger partial charge in [-0.1, -0.05) is 37.3 Å². The molecule has 0 saturated heterocycles. The second-order valence-electron chi connectivity index (χ2n) is 5.65. The monoisotopic (exact) mass is 325 g/mol. The molecule has 1 aromatic carbocycles. The number of nitrogens with zero attached hydrogens (tertiary/aromatic N) is 2. The quantitative estimate of drug-likeness (QED) is 0.771. The zero-order chi connectivity index (χ0) is 16.4. The maximum Gasteiger partial charge on any atom is 0.233 e. The van der Waals surface area contributed by atoms with Gasteiger partial charge in [0.1, 0.15) is 4.83 Å². The van der Waals surface area contributed by atoms with E-state index in [4.69, 9.17) is 0 Å². The van der Waals surface area contributed by atoms with Crippen LogP contribution in [0.15, 0.2) is 36.4 Å². The van der Waals surface area contributed by atoms with Gasteiger partial charge in [-0.3, -0.25) is 4.79 Å². The minimum absolute atomic E-state index is 0.0223. The SMILES string of the molecule is CCC(C(=O)Nc1nsc2nc(C)cc(C)c12)c1ccccc1. The minimum atomic E-state index is -0.174. The van der Waals surface area contributed by atoms with E-state index in [0.29, 0.717) is 5.82 Å². The van der Waals surface area contributed by atoms with Gasteiger partial charge >= 0.3 is 0 Å². The van der Waals surface area contributed by atoms with Crippen LogP contribution >= 0.6 is 11.5 Å². The second kappa shape index (κ2) is 6.46. The van der Waals surface area contributed by atoms with E-state index in [1.807, 2.05) is 57.2 Å². The number of carbonyl (C=O) groups excluding carboxylic acids is 1. The van der Waals surface area contributed by atoms with Crippen LogP contribution in [0.2, 0.25) is 0 Å². The van der Waals surface area contributed by atoms with E-state index >= 15 is 0 Å². The fourth-order valence-corrected chi connectivity index (χ4v) is 3.69. The summed E-state index contributed by atoms with van der Waals surface area (Å²) in [6.07, 6.45) is 0.744. The molecule has 0 spiro atoms. The van der Waals surface area contributed by atoms with Crippen LogP contribution in [0.3, 0.4) is 0 Å². The Kier molecular flexibility index (Phi) is 4.39. The lowest BCUT2D eigenvalue weighted by atomic mass is 9.95. The van der Waals surface area contributed by atoms with Crippen LogP contribution in [-0.4, -0.2) is 15.3 Å². The third kappa shape index (κ3) is 3.10. The number of benzene rings is 1. The Morgan fingerprint density at radius 3 is 2.70 bits per heavy atom. The molecule has 5 heteroatoms. The largest absolute Gasteiger partial charge is 0.309 e. The number of pyridine rings is 1. The smallest absolute Gasteiger partial charge is 0.233 e. The third-order valence-corrected chi connectivity index (χ3v) is 4.68. The molecule has 0 fully saturated rings. The van der Waals surface area contributed by atoms with Crippen molar-refractivity contribution >= 4 is 33.5 Å². The van der Waals surface area contributed by atoms with Gasteiger partial charge in [0.05, 0.1) is 11.3 Å². The summed E-state index contributed by atoms with van der Waals surface area (Å²) in [4.78, 5) is 18.1. The molecule has 0 aliphatic rings. The molecule has 0 aliphatic carbocycles. The highest BCUT2D eigenvalue weighted by Gasteiger charge is 2.21. The number of nitrogens with one attached hydrogen (secondary N) is 1. The molecule has 0 radical (unpaired) electrons. The van der Waals surface area contributed by atoms with Crippen molar-refractivity contribution in [1.29, 1.82) is 0 Å². The van der Waals surface area contributed by atoms with Gasteiger partial charge < -0.3 is 5.32 Å². The van der Waals surface area contributed by atoms with E-state index in [-0.39, 0.29) is 11.8 Å². The van der Waals surface area contributed by atoms with Crippen LogP contribution in [0, 0.1) is 13.8 Å². The summed E-state index contributed by atoms with van der Waals surface area (Å²) in [5.41, 5.74) is 3.08. The van der Waals surface area contributed by atoms with Crippen molar-refractivity contribution < 1.29 is 4.79 Å². The van der Waals surface area contributed by atoms with Crippen molar-refractivity contribution in [2.75, 3.05) is 5.32 Å². The average Bonchev–Trinajstić information content (AvgIpc) is 2.92. The van der Waals surface area contributed by atoms with E-state index in [1.54, 1.807) is 0 Å². The van der Waals surface area contributed by atoms with Gasteiger partial charge in [-0.2, -0.15) is 4.37 Å². The van der Waals surface area contributed by atoms with E-state index in [1.165, 1.54) is 11.5 Å². The lowest BCUT2D eigenvalue weighted by Crippen LogP contribution is -2.21. The molecule has 4 nitrogen and oxygen atoms in total. The van der Waals surface area contributed by atoms with E-state index < -0.39 is 0 Å². The van der Waals surface area contributed by atoms with Crippen LogP contribution in [0.1, 0.15) is 36.1 Å². The lowest BCUT2D eigenvalue weighted by Gasteiger charge is -2.14. The predicted molar refractivity (Wildman–Crippen MR) is 95.0 cm³/mol. The number of fused-ring (bicyclic) bond motifs is 1. The molecule has 1 N–H and O–H groups in total. The molecule has 3 rings (SSSR count). The Bertz CT molecular complexity index is 842. The Balaban J connectivity index is 1.91. The number of aromatic nitrogens is 2. The molecule has 1 unspecified atom stereocenters. The highest BCUT2D eigenvalue weighted by atomic mass is 32.1. The molecule has 0 bridgehead atoms. The van der Waals surface area contributed by atoms with Crippen molar-refractivity contribution in [2.45, 2.75) is 33.1 Å². The molecule has 1 amide bonds. The maximum atomic E-state index is 12.7. The van der Waals surface area contributed by atoms with Crippen LogP contribution < -0.4 is 5.32 Å². The summed E-state index contributed by atoms with van der Waals surface area (Å²) in [7, 11) is 0. The van der Waals surface area contributed by atoms with Crippen LogP contribution in [0.25, 0.3) is 10.2 Å². The third-order valence-electron chi connectivity index (χ3n) is 3.94.